The van der Waals surface area contributed by atoms with Crippen LogP contribution in [0, 0.1) is 28.1 Å². The third kappa shape index (κ3) is 5.11. The van der Waals surface area contributed by atoms with Gasteiger partial charge >= 0.3 is 11.9 Å². The number of esters is 2. The molecule has 0 spiro atoms. The molecule has 0 bridgehead atoms. The van der Waals surface area contributed by atoms with E-state index in [-0.39, 0.29) is 11.3 Å². The zero-order chi connectivity index (χ0) is 26.3. The molecule has 1 heterocycles. The fourth-order valence-corrected chi connectivity index (χ4v) is 4.24. The SMILES string of the molecule is COC(=O)C(CC#N)(C(=O)OC(C)(C)C)C(c1ccccc1)c1nccc(-c2ccccc2)c1C#N. The molecule has 2 aromatic carbocycles. The molecule has 0 saturated heterocycles. The van der Waals surface area contributed by atoms with Crippen LogP contribution in [0.2, 0.25) is 0 Å². The Balaban J connectivity index is 2.43. The van der Waals surface area contributed by atoms with Gasteiger partial charge < -0.3 is 9.47 Å². The maximum atomic E-state index is 13.8. The zero-order valence-corrected chi connectivity index (χ0v) is 20.7. The molecule has 36 heavy (non-hydrogen) atoms. The first-order valence-electron chi connectivity index (χ1n) is 11.4. The Morgan fingerprint density at radius 1 is 0.944 bits per heavy atom. The second kappa shape index (κ2) is 10.8. The summed E-state index contributed by atoms with van der Waals surface area (Å²) in [6.45, 7) is 5.02. The van der Waals surface area contributed by atoms with Crippen molar-refractivity contribution < 1.29 is 19.1 Å². The van der Waals surface area contributed by atoms with E-state index < -0.39 is 35.3 Å². The molecule has 0 saturated carbocycles. The van der Waals surface area contributed by atoms with Gasteiger partial charge in [-0.25, -0.2) is 0 Å². The first-order chi connectivity index (χ1) is 17.2. The molecular formula is C29H27N3O4. The van der Waals surface area contributed by atoms with Gasteiger partial charge in [0, 0.05) is 11.8 Å². The molecule has 0 aliphatic carbocycles. The number of carbonyl (C=O) groups is 2. The number of carbonyl (C=O) groups excluding carboxylic acids is 2. The molecule has 7 nitrogen and oxygen atoms in total. The Hall–Kier alpha value is -4.49. The minimum absolute atomic E-state index is 0.177. The van der Waals surface area contributed by atoms with E-state index in [9.17, 15) is 20.1 Å². The number of benzene rings is 2. The Morgan fingerprint density at radius 3 is 2.08 bits per heavy atom. The maximum absolute atomic E-state index is 13.8. The van der Waals surface area contributed by atoms with Crippen LogP contribution in [-0.4, -0.2) is 29.6 Å². The number of nitrogens with zero attached hydrogens (tertiary/aromatic N) is 3. The standard InChI is InChI=1S/C29H27N3O4/c1-28(2,3)36-27(34)29(16-17-30,26(33)35-4)24(21-13-9-6-10-14-21)25-23(19-31)22(15-18-32-25)20-11-7-5-8-12-20/h5-15,18,24H,16H2,1-4H3. The van der Waals surface area contributed by atoms with Crippen molar-refractivity contribution in [2.75, 3.05) is 7.11 Å². The van der Waals surface area contributed by atoms with Crippen molar-refractivity contribution in [2.45, 2.75) is 38.7 Å². The quantitative estimate of drug-likeness (QED) is 0.338. The molecule has 2 atom stereocenters. The zero-order valence-electron chi connectivity index (χ0n) is 20.7. The maximum Gasteiger partial charge on any atom is 0.326 e. The normalized spacial score (nSPS) is 13.4. The molecule has 0 radical (unpaired) electrons. The molecule has 7 heteroatoms. The molecule has 2 unspecified atom stereocenters. The highest BCUT2D eigenvalue weighted by Gasteiger charge is 2.58. The first kappa shape index (κ1) is 26.1. The van der Waals surface area contributed by atoms with Gasteiger partial charge in [-0.15, -0.1) is 0 Å². The van der Waals surface area contributed by atoms with E-state index in [1.54, 1.807) is 57.2 Å². The number of ether oxygens (including phenoxy) is 2. The molecule has 3 aromatic rings. The second-order valence-electron chi connectivity index (χ2n) is 9.24. The van der Waals surface area contributed by atoms with Crippen molar-refractivity contribution in [1.29, 1.82) is 10.5 Å². The largest absolute Gasteiger partial charge is 0.468 e. The topological polar surface area (TPSA) is 113 Å². The summed E-state index contributed by atoms with van der Waals surface area (Å²) in [5.41, 5.74) is -0.840. The Morgan fingerprint density at radius 2 is 1.56 bits per heavy atom. The lowest BCUT2D eigenvalue weighted by atomic mass is 9.67. The Kier molecular flexibility index (Phi) is 7.86. The summed E-state index contributed by atoms with van der Waals surface area (Å²) in [5.74, 6) is -3.00. The lowest BCUT2D eigenvalue weighted by Gasteiger charge is -2.37. The van der Waals surface area contributed by atoms with Crippen molar-refractivity contribution >= 4 is 11.9 Å². The number of hydrogen-bond donors (Lipinski definition) is 0. The van der Waals surface area contributed by atoms with Crippen LogP contribution in [0.5, 0.6) is 0 Å². The van der Waals surface area contributed by atoms with Gasteiger partial charge in [-0.2, -0.15) is 10.5 Å². The molecule has 0 aliphatic rings. The smallest absolute Gasteiger partial charge is 0.326 e. The first-order valence-corrected chi connectivity index (χ1v) is 11.4. The van der Waals surface area contributed by atoms with Crippen molar-refractivity contribution in [3.63, 3.8) is 0 Å². The summed E-state index contributed by atoms with van der Waals surface area (Å²) in [7, 11) is 1.15. The number of hydrogen-bond acceptors (Lipinski definition) is 7. The predicted octanol–water partition coefficient (Wildman–Crippen LogP) is 5.17. The summed E-state index contributed by atoms with van der Waals surface area (Å²) in [6.07, 6.45) is 0.980. The molecule has 182 valence electrons. The minimum Gasteiger partial charge on any atom is -0.468 e. The van der Waals surface area contributed by atoms with Crippen LogP contribution in [0.15, 0.2) is 72.9 Å². The molecule has 0 amide bonds. The number of rotatable bonds is 7. The van der Waals surface area contributed by atoms with E-state index in [2.05, 4.69) is 11.1 Å². The monoisotopic (exact) mass is 481 g/mol. The van der Waals surface area contributed by atoms with E-state index in [0.29, 0.717) is 11.1 Å². The van der Waals surface area contributed by atoms with E-state index in [1.807, 2.05) is 36.4 Å². The van der Waals surface area contributed by atoms with Crippen LogP contribution in [-0.2, 0) is 19.1 Å². The summed E-state index contributed by atoms with van der Waals surface area (Å²) in [5, 5.41) is 20.1. The lowest BCUT2D eigenvalue weighted by molar-refractivity contribution is -0.179. The average Bonchev–Trinajstić information content (AvgIpc) is 2.87. The molecule has 0 aliphatic heterocycles. The minimum atomic E-state index is -2.12. The molecule has 0 N–H and O–H groups in total. The van der Waals surface area contributed by atoms with Gasteiger partial charge in [0.05, 0.1) is 36.8 Å². The van der Waals surface area contributed by atoms with Crippen LogP contribution in [0.4, 0.5) is 0 Å². The number of methoxy groups -OCH3 is 1. The highest BCUT2D eigenvalue weighted by atomic mass is 16.6. The van der Waals surface area contributed by atoms with E-state index >= 15 is 0 Å². The highest BCUT2D eigenvalue weighted by Crippen LogP contribution is 2.47. The van der Waals surface area contributed by atoms with Gasteiger partial charge in [-0.1, -0.05) is 60.7 Å². The summed E-state index contributed by atoms with van der Waals surface area (Å²) >= 11 is 0. The third-order valence-corrected chi connectivity index (χ3v) is 5.75. The fourth-order valence-electron chi connectivity index (χ4n) is 4.24. The van der Waals surface area contributed by atoms with Crippen molar-refractivity contribution in [3.8, 4) is 23.3 Å². The summed E-state index contributed by atoms with van der Waals surface area (Å²) in [4.78, 5) is 31.8. The summed E-state index contributed by atoms with van der Waals surface area (Å²) in [6, 6.07) is 23.9. The van der Waals surface area contributed by atoms with E-state index in [4.69, 9.17) is 9.47 Å². The van der Waals surface area contributed by atoms with Gasteiger partial charge in [-0.3, -0.25) is 14.6 Å². The van der Waals surface area contributed by atoms with Crippen molar-refractivity contribution in [1.82, 2.24) is 4.98 Å². The van der Waals surface area contributed by atoms with Gasteiger partial charge in [0.25, 0.3) is 0 Å². The lowest BCUT2D eigenvalue weighted by Crippen LogP contribution is -2.49. The predicted molar refractivity (Wildman–Crippen MR) is 133 cm³/mol. The van der Waals surface area contributed by atoms with Crippen LogP contribution in [0.25, 0.3) is 11.1 Å². The van der Waals surface area contributed by atoms with Crippen LogP contribution in [0.3, 0.4) is 0 Å². The fraction of sp³-hybridized carbons (Fsp3) is 0.276. The van der Waals surface area contributed by atoms with Crippen LogP contribution >= 0.6 is 0 Å². The molecular weight excluding hydrogens is 454 g/mol. The van der Waals surface area contributed by atoms with Gasteiger partial charge in [0.15, 0.2) is 5.41 Å². The Labute approximate surface area is 210 Å². The average molecular weight is 482 g/mol. The molecule has 3 rings (SSSR count). The van der Waals surface area contributed by atoms with Crippen LogP contribution in [0.1, 0.15) is 49.9 Å². The van der Waals surface area contributed by atoms with Crippen molar-refractivity contribution in [3.05, 3.63) is 89.7 Å². The number of nitriles is 2. The van der Waals surface area contributed by atoms with E-state index in [0.717, 1.165) is 12.7 Å². The number of pyridine rings is 1. The third-order valence-electron chi connectivity index (χ3n) is 5.75. The van der Waals surface area contributed by atoms with Crippen molar-refractivity contribution in [2.24, 2.45) is 5.41 Å². The Bertz CT molecular complexity index is 1320. The molecule has 0 fully saturated rings. The summed E-state index contributed by atoms with van der Waals surface area (Å²) < 4.78 is 10.8. The van der Waals surface area contributed by atoms with E-state index in [1.165, 1.54) is 6.20 Å². The van der Waals surface area contributed by atoms with Crippen LogP contribution < -0.4 is 0 Å². The van der Waals surface area contributed by atoms with Gasteiger partial charge in [-0.05, 0) is 38.0 Å². The highest BCUT2D eigenvalue weighted by molar-refractivity contribution is 6.02. The second-order valence-corrected chi connectivity index (χ2v) is 9.24. The van der Waals surface area contributed by atoms with Gasteiger partial charge in [0.2, 0.25) is 0 Å². The molecule has 1 aromatic heterocycles. The number of aromatic nitrogens is 1. The van der Waals surface area contributed by atoms with Gasteiger partial charge in [0.1, 0.15) is 11.7 Å².